The first-order chi connectivity index (χ1) is 8.60. The summed E-state index contributed by atoms with van der Waals surface area (Å²) in [7, 11) is -1.31. The van der Waals surface area contributed by atoms with Gasteiger partial charge in [-0.05, 0) is 43.9 Å². The second-order valence-electron chi connectivity index (χ2n) is 6.15. The summed E-state index contributed by atoms with van der Waals surface area (Å²) in [6, 6.07) is 0.256. The average molecular weight is 273 g/mol. The Hall–Kier alpha value is -0.130. The van der Waals surface area contributed by atoms with Gasteiger partial charge in [0, 0.05) is 19.7 Å². The molecule has 1 saturated heterocycles. The lowest BCUT2D eigenvalue weighted by atomic mass is 9.81. The van der Waals surface area contributed by atoms with Crippen molar-refractivity contribution in [3.8, 4) is 0 Å². The molecule has 3 rings (SSSR count). The number of hydrogen-bond acceptors (Lipinski definition) is 3. The van der Waals surface area contributed by atoms with Crippen molar-refractivity contribution in [3.63, 3.8) is 0 Å². The highest BCUT2D eigenvalue weighted by molar-refractivity contribution is 7.89. The van der Waals surface area contributed by atoms with Gasteiger partial charge in [-0.3, -0.25) is 0 Å². The van der Waals surface area contributed by atoms with Crippen molar-refractivity contribution in [2.45, 2.75) is 50.7 Å². The number of rotatable bonds is 4. The second-order valence-corrected chi connectivity index (χ2v) is 8.11. The van der Waals surface area contributed by atoms with Crippen LogP contribution in [0, 0.1) is 11.8 Å². The van der Waals surface area contributed by atoms with Crippen LogP contribution in [0.2, 0.25) is 0 Å². The molecule has 18 heavy (non-hydrogen) atoms. The summed E-state index contributed by atoms with van der Waals surface area (Å²) in [5.74, 6) is 1.36. The molecule has 0 aromatic rings. The van der Waals surface area contributed by atoms with Crippen LogP contribution in [0.25, 0.3) is 0 Å². The Morgan fingerprint density at radius 2 is 2.06 bits per heavy atom. The van der Waals surface area contributed by atoms with Gasteiger partial charge in [0.2, 0.25) is 10.0 Å². The zero-order valence-electron chi connectivity index (χ0n) is 11.0. The highest BCUT2D eigenvalue weighted by Gasteiger charge is 2.44. The fourth-order valence-electron chi connectivity index (χ4n) is 3.75. The van der Waals surface area contributed by atoms with Crippen LogP contribution in [0.1, 0.15) is 38.5 Å². The minimum Gasteiger partial charge on any atom is -0.380 e. The molecule has 0 aromatic carbocycles. The molecule has 0 aromatic heterocycles. The van der Waals surface area contributed by atoms with E-state index in [0.29, 0.717) is 24.1 Å². The Balaban J connectivity index is 1.73. The lowest BCUT2D eigenvalue weighted by Crippen LogP contribution is -2.50. The number of sulfonamides is 1. The molecule has 0 radical (unpaired) electrons. The van der Waals surface area contributed by atoms with Crippen LogP contribution in [0.4, 0.5) is 0 Å². The number of ether oxygens (including phenoxy) is 1. The van der Waals surface area contributed by atoms with E-state index in [0.717, 1.165) is 19.3 Å². The van der Waals surface area contributed by atoms with Gasteiger partial charge in [0.05, 0.1) is 11.9 Å². The summed E-state index contributed by atoms with van der Waals surface area (Å²) in [5, 5.41) is 0. The number of fused-ring (bicyclic) bond motifs is 2. The molecule has 5 heteroatoms. The standard InChI is InChI=1S/C13H23NO3S/c1-17-13(11-3-2-4-11)8-14-12-6-5-10(7-12)9-18(14,15)16/h10-13H,2-9H2,1H3/t10-,12+,13?/m0/s1. The van der Waals surface area contributed by atoms with Crippen molar-refractivity contribution in [3.05, 3.63) is 0 Å². The summed E-state index contributed by atoms with van der Waals surface area (Å²) in [5.41, 5.74) is 0. The van der Waals surface area contributed by atoms with E-state index >= 15 is 0 Å². The fraction of sp³-hybridized carbons (Fsp3) is 1.00. The van der Waals surface area contributed by atoms with Crippen LogP contribution >= 0.6 is 0 Å². The van der Waals surface area contributed by atoms with Gasteiger partial charge in [-0.25, -0.2) is 8.42 Å². The van der Waals surface area contributed by atoms with Crippen molar-refractivity contribution in [1.82, 2.24) is 4.31 Å². The lowest BCUT2D eigenvalue weighted by molar-refractivity contribution is 0.00270. The highest BCUT2D eigenvalue weighted by atomic mass is 32.2. The average Bonchev–Trinajstić information content (AvgIpc) is 2.63. The Labute approximate surface area is 110 Å². The van der Waals surface area contributed by atoms with Gasteiger partial charge in [-0.2, -0.15) is 4.31 Å². The first-order valence-corrected chi connectivity index (χ1v) is 8.73. The van der Waals surface area contributed by atoms with Crippen molar-refractivity contribution in [2.24, 2.45) is 11.8 Å². The monoisotopic (exact) mass is 273 g/mol. The zero-order valence-corrected chi connectivity index (χ0v) is 11.9. The van der Waals surface area contributed by atoms with Gasteiger partial charge in [-0.15, -0.1) is 0 Å². The maximum atomic E-state index is 12.3. The maximum absolute atomic E-state index is 12.3. The smallest absolute Gasteiger partial charge is 0.214 e. The number of nitrogens with zero attached hydrogens (tertiary/aromatic N) is 1. The van der Waals surface area contributed by atoms with Gasteiger partial charge in [0.15, 0.2) is 0 Å². The van der Waals surface area contributed by atoms with Crippen molar-refractivity contribution in [1.29, 1.82) is 0 Å². The van der Waals surface area contributed by atoms with Crippen molar-refractivity contribution in [2.75, 3.05) is 19.4 Å². The molecule has 1 aliphatic heterocycles. The molecular formula is C13H23NO3S. The van der Waals surface area contributed by atoms with E-state index in [9.17, 15) is 8.42 Å². The summed E-state index contributed by atoms with van der Waals surface area (Å²) in [6.45, 7) is 0.584. The molecule has 0 N–H and O–H groups in total. The molecule has 2 aliphatic carbocycles. The topological polar surface area (TPSA) is 46.6 Å². The van der Waals surface area contributed by atoms with Gasteiger partial charge in [-0.1, -0.05) is 6.42 Å². The van der Waals surface area contributed by atoms with E-state index in [2.05, 4.69) is 0 Å². The Morgan fingerprint density at radius 1 is 1.28 bits per heavy atom. The molecule has 1 unspecified atom stereocenters. The highest BCUT2D eigenvalue weighted by Crippen LogP contribution is 2.39. The van der Waals surface area contributed by atoms with Crippen molar-refractivity contribution >= 4 is 10.0 Å². The molecule has 3 atom stereocenters. The summed E-state index contributed by atoms with van der Waals surface area (Å²) < 4.78 is 31.9. The molecule has 104 valence electrons. The van der Waals surface area contributed by atoms with E-state index in [1.165, 1.54) is 19.3 Å². The minimum atomic E-state index is -3.03. The summed E-state index contributed by atoms with van der Waals surface area (Å²) >= 11 is 0. The summed E-state index contributed by atoms with van der Waals surface area (Å²) in [4.78, 5) is 0. The maximum Gasteiger partial charge on any atom is 0.214 e. The Kier molecular flexibility index (Phi) is 3.41. The largest absolute Gasteiger partial charge is 0.380 e. The van der Waals surface area contributed by atoms with Gasteiger partial charge >= 0.3 is 0 Å². The normalized spacial score (nSPS) is 37.4. The molecule has 3 fully saturated rings. The van der Waals surface area contributed by atoms with Crippen LogP contribution < -0.4 is 0 Å². The molecule has 0 spiro atoms. The second kappa shape index (κ2) is 4.76. The minimum absolute atomic E-state index is 0.102. The predicted octanol–water partition coefficient (Wildman–Crippen LogP) is 1.62. The summed E-state index contributed by atoms with van der Waals surface area (Å²) in [6.07, 6.45) is 6.96. The third-order valence-electron chi connectivity index (χ3n) is 5.06. The fourth-order valence-corrected chi connectivity index (χ4v) is 5.86. The van der Waals surface area contributed by atoms with Gasteiger partial charge in [0.1, 0.15) is 0 Å². The van der Waals surface area contributed by atoms with Crippen LogP contribution in [-0.2, 0) is 14.8 Å². The Bertz CT molecular complexity index is 404. The zero-order chi connectivity index (χ0) is 12.8. The van der Waals surface area contributed by atoms with Gasteiger partial charge in [0.25, 0.3) is 0 Å². The van der Waals surface area contributed by atoms with Crippen LogP contribution in [0.3, 0.4) is 0 Å². The van der Waals surface area contributed by atoms with E-state index in [1.807, 2.05) is 0 Å². The molecule has 0 amide bonds. The quantitative estimate of drug-likeness (QED) is 0.782. The molecule has 2 bridgehead atoms. The Morgan fingerprint density at radius 3 is 2.67 bits per heavy atom. The third-order valence-corrected chi connectivity index (χ3v) is 7.12. The molecular weight excluding hydrogens is 250 g/mol. The predicted molar refractivity (Wildman–Crippen MR) is 69.8 cm³/mol. The number of methoxy groups -OCH3 is 1. The first-order valence-electron chi connectivity index (χ1n) is 7.12. The van der Waals surface area contributed by atoms with Gasteiger partial charge < -0.3 is 4.74 Å². The molecule has 1 heterocycles. The van der Waals surface area contributed by atoms with Crippen molar-refractivity contribution < 1.29 is 13.2 Å². The van der Waals surface area contributed by atoms with E-state index in [-0.39, 0.29) is 12.1 Å². The SMILES string of the molecule is COC(CN1[C@@H]2CC[C@@H](C2)CS1(=O)=O)C1CCC1. The first kappa shape index (κ1) is 12.9. The van der Waals surface area contributed by atoms with Crippen LogP contribution in [-0.4, -0.2) is 44.3 Å². The number of hydrogen-bond donors (Lipinski definition) is 0. The van der Waals surface area contributed by atoms with E-state index < -0.39 is 10.0 Å². The van der Waals surface area contributed by atoms with E-state index in [1.54, 1.807) is 11.4 Å². The lowest BCUT2D eigenvalue weighted by Gasteiger charge is -2.39. The molecule has 3 aliphatic rings. The third kappa shape index (κ3) is 2.21. The van der Waals surface area contributed by atoms with Crippen LogP contribution in [0.15, 0.2) is 0 Å². The van der Waals surface area contributed by atoms with Crippen LogP contribution in [0.5, 0.6) is 0 Å². The van der Waals surface area contributed by atoms with E-state index in [4.69, 9.17) is 4.74 Å². The molecule has 2 saturated carbocycles. The molecule has 4 nitrogen and oxygen atoms in total.